The molecular weight excluding hydrogens is 278 g/mol. The Kier molecular flexibility index (Phi) is 5.56. The number of aliphatic carboxylic acids is 1. The molecule has 0 spiro atoms. The second kappa shape index (κ2) is 7.02. The number of likely N-dealkylation sites (N-methyl/N-ethyl adjacent to an activating group) is 1. The number of nitrogens with one attached hydrogen (secondary N) is 1. The van der Waals surface area contributed by atoms with Crippen molar-refractivity contribution in [2.45, 2.75) is 69.6 Å². The van der Waals surface area contributed by atoms with E-state index in [4.69, 9.17) is 6.11 Å². The minimum absolute atomic E-state index is 0.00771. The van der Waals surface area contributed by atoms with Crippen LogP contribution in [0.1, 0.15) is 35.0 Å². The number of hydrogen-bond acceptors (Lipinski definition) is 6. The van der Waals surface area contributed by atoms with E-state index < -0.39 is 48.9 Å². The molecule has 7 heteroatoms. The lowest BCUT2D eigenvalue weighted by Crippen LogP contribution is -2.66. The van der Waals surface area contributed by atoms with Crippen molar-refractivity contribution in [2.24, 2.45) is 5.92 Å². The average Bonchev–Trinajstić information content (AvgIpc) is 2.44. The Hall–Kier alpha value is -0.730. The zero-order valence-electron chi connectivity index (χ0n) is 13.7. The van der Waals surface area contributed by atoms with Crippen molar-refractivity contribution in [2.75, 3.05) is 7.05 Å². The van der Waals surface area contributed by atoms with Crippen LogP contribution < -0.4 is 5.32 Å². The van der Waals surface area contributed by atoms with Gasteiger partial charge in [-0.05, 0) is 26.3 Å². The van der Waals surface area contributed by atoms with Crippen molar-refractivity contribution in [3.05, 3.63) is 0 Å². The van der Waals surface area contributed by atoms with Crippen LogP contribution in [0, 0.1) is 5.92 Å². The molecule has 5 N–H and O–H groups in total. The molecule has 0 aliphatic carbocycles. The summed E-state index contributed by atoms with van der Waals surface area (Å²) in [6.07, 6.45) is -4.94. The molecule has 6 unspecified atom stereocenters. The molecule has 0 bridgehead atoms. The molecule has 1 aliphatic heterocycles. The maximum Gasteiger partial charge on any atom is 0.336 e. The third-order valence-corrected chi connectivity index (χ3v) is 3.86. The number of ether oxygens (including phenoxy) is 1. The topological polar surface area (TPSA) is 119 Å². The lowest BCUT2D eigenvalue weighted by atomic mass is 9.79. The highest BCUT2D eigenvalue weighted by atomic mass is 16.6. The highest BCUT2D eigenvalue weighted by Crippen LogP contribution is 2.36. The molecule has 0 saturated carbocycles. The van der Waals surface area contributed by atoms with Gasteiger partial charge in [0.05, 0.1) is 18.2 Å². The fourth-order valence-corrected chi connectivity index (χ4v) is 2.94. The minimum Gasteiger partial charge on any atom is -0.479 e. The molecule has 1 fully saturated rings. The lowest BCUT2D eigenvalue weighted by molar-refractivity contribution is -0.230. The number of hydrogen-bond donors (Lipinski definition) is 5. The molecule has 0 aromatic rings. The molecule has 124 valence electrons. The molecule has 0 amide bonds. The summed E-state index contributed by atoms with van der Waals surface area (Å²) in [6, 6.07) is -0.726. The van der Waals surface area contributed by atoms with Crippen LogP contribution in [0.15, 0.2) is 0 Å². The summed E-state index contributed by atoms with van der Waals surface area (Å²) in [5.74, 6) is -1.19. The SMILES string of the molecule is [2H]CC(O)C(O)C1OC(CC(C)C)(C(=O)O)CC(O)C1NC. The summed E-state index contributed by atoms with van der Waals surface area (Å²) in [5.41, 5.74) is -1.62. The first kappa shape index (κ1) is 16.6. The van der Waals surface area contributed by atoms with E-state index in [9.17, 15) is 25.2 Å². The van der Waals surface area contributed by atoms with Gasteiger partial charge in [-0.25, -0.2) is 4.79 Å². The van der Waals surface area contributed by atoms with E-state index in [1.54, 1.807) is 7.05 Å². The molecule has 7 nitrogen and oxygen atoms in total. The van der Waals surface area contributed by atoms with Crippen LogP contribution in [0.25, 0.3) is 0 Å². The number of aliphatic hydroxyl groups is 3. The van der Waals surface area contributed by atoms with Crippen LogP contribution in [0.4, 0.5) is 0 Å². The maximum absolute atomic E-state index is 11.7. The van der Waals surface area contributed by atoms with Crippen LogP contribution in [0.2, 0.25) is 0 Å². The lowest BCUT2D eigenvalue weighted by Gasteiger charge is -2.47. The maximum atomic E-state index is 11.7. The summed E-state index contributed by atoms with van der Waals surface area (Å²) in [7, 11) is 1.56. The van der Waals surface area contributed by atoms with E-state index in [2.05, 4.69) is 5.32 Å². The second-order valence-electron chi connectivity index (χ2n) is 6.12. The largest absolute Gasteiger partial charge is 0.479 e. The van der Waals surface area contributed by atoms with Crippen molar-refractivity contribution in [3.8, 4) is 0 Å². The monoisotopic (exact) mass is 306 g/mol. The predicted molar refractivity (Wildman–Crippen MR) is 75.9 cm³/mol. The van der Waals surface area contributed by atoms with Gasteiger partial charge in [-0.2, -0.15) is 0 Å². The third-order valence-electron chi connectivity index (χ3n) is 3.86. The van der Waals surface area contributed by atoms with Crippen molar-refractivity contribution in [1.29, 1.82) is 0 Å². The van der Waals surface area contributed by atoms with Crippen LogP contribution in [-0.4, -0.2) is 69.5 Å². The molecule has 1 saturated heterocycles. The van der Waals surface area contributed by atoms with Crippen LogP contribution in [0.5, 0.6) is 0 Å². The summed E-state index contributed by atoms with van der Waals surface area (Å²) >= 11 is 0. The quantitative estimate of drug-likeness (QED) is 0.442. The molecule has 6 atom stereocenters. The third kappa shape index (κ3) is 3.92. The van der Waals surface area contributed by atoms with E-state index in [-0.39, 0.29) is 18.8 Å². The number of carbonyl (C=O) groups is 1. The van der Waals surface area contributed by atoms with E-state index in [1.165, 1.54) is 0 Å². The Morgan fingerprint density at radius 3 is 2.57 bits per heavy atom. The average molecular weight is 306 g/mol. The number of carboxylic acid groups (broad SMARTS) is 1. The Morgan fingerprint density at radius 1 is 1.52 bits per heavy atom. The van der Waals surface area contributed by atoms with Crippen LogP contribution in [-0.2, 0) is 9.53 Å². The molecular formula is C14H27NO6. The van der Waals surface area contributed by atoms with Gasteiger partial charge in [0.2, 0.25) is 0 Å². The van der Waals surface area contributed by atoms with E-state index in [0.717, 1.165) is 0 Å². The molecule has 1 aliphatic rings. The molecule has 1 rings (SSSR count). The molecule has 1 heterocycles. The smallest absolute Gasteiger partial charge is 0.336 e. The van der Waals surface area contributed by atoms with Crippen LogP contribution >= 0.6 is 0 Å². The van der Waals surface area contributed by atoms with E-state index in [1.807, 2.05) is 13.8 Å². The van der Waals surface area contributed by atoms with E-state index >= 15 is 0 Å². The molecule has 0 aromatic heterocycles. The van der Waals surface area contributed by atoms with Crippen molar-refractivity contribution in [1.82, 2.24) is 5.32 Å². The first-order valence-electron chi connectivity index (χ1n) is 7.81. The first-order chi connectivity index (χ1) is 10.2. The fraction of sp³-hybridized carbons (Fsp3) is 0.929. The highest BCUT2D eigenvalue weighted by molar-refractivity contribution is 5.77. The van der Waals surface area contributed by atoms with Gasteiger partial charge in [0, 0.05) is 7.79 Å². The number of carboxylic acids is 1. The first-order valence-corrected chi connectivity index (χ1v) is 7.10. The standard InChI is InChI=1S/C14H27NO6/c1-7(2)5-14(13(19)20)6-9(17)10(15-4)12(21-14)11(18)8(3)16/h7-12,15-18H,5-6H2,1-4H3,(H,19,20)/i3D. The molecule has 21 heavy (non-hydrogen) atoms. The Morgan fingerprint density at radius 2 is 2.14 bits per heavy atom. The van der Waals surface area contributed by atoms with Gasteiger partial charge in [-0.15, -0.1) is 0 Å². The van der Waals surface area contributed by atoms with Gasteiger partial charge in [0.15, 0.2) is 5.60 Å². The van der Waals surface area contributed by atoms with Crippen molar-refractivity contribution < 1.29 is 31.3 Å². The van der Waals surface area contributed by atoms with Gasteiger partial charge in [-0.3, -0.25) is 0 Å². The van der Waals surface area contributed by atoms with Gasteiger partial charge in [0.1, 0.15) is 12.2 Å². The van der Waals surface area contributed by atoms with Gasteiger partial charge < -0.3 is 30.5 Å². The fourth-order valence-electron chi connectivity index (χ4n) is 2.94. The van der Waals surface area contributed by atoms with Gasteiger partial charge >= 0.3 is 5.97 Å². The predicted octanol–water partition coefficient (Wildman–Crippen LogP) is -0.665. The zero-order chi connectivity index (χ0) is 17.1. The van der Waals surface area contributed by atoms with Gasteiger partial charge in [0.25, 0.3) is 0 Å². The zero-order valence-corrected chi connectivity index (χ0v) is 12.7. The summed E-state index contributed by atoms with van der Waals surface area (Å²) in [5, 5.41) is 42.5. The summed E-state index contributed by atoms with van der Waals surface area (Å²) in [6.45, 7) is 3.24. The molecule has 0 aromatic carbocycles. The van der Waals surface area contributed by atoms with E-state index in [0.29, 0.717) is 0 Å². The van der Waals surface area contributed by atoms with Crippen molar-refractivity contribution >= 4 is 5.97 Å². The Labute approximate surface area is 126 Å². The van der Waals surface area contributed by atoms with Crippen molar-refractivity contribution in [3.63, 3.8) is 0 Å². The number of aliphatic hydroxyl groups excluding tert-OH is 3. The normalized spacial score (nSPS) is 37.1. The Balaban J connectivity index is 3.13. The summed E-state index contributed by atoms with van der Waals surface area (Å²) in [4.78, 5) is 11.7. The summed E-state index contributed by atoms with van der Waals surface area (Å²) < 4.78 is 12.9. The molecule has 0 radical (unpaired) electrons. The Bertz CT molecular complexity index is 382. The van der Waals surface area contributed by atoms with Gasteiger partial charge in [-0.1, -0.05) is 13.8 Å². The van der Waals surface area contributed by atoms with Crippen LogP contribution in [0.3, 0.4) is 0 Å². The highest BCUT2D eigenvalue weighted by Gasteiger charge is 2.53. The minimum atomic E-state index is -1.62. The number of rotatable bonds is 6. The second-order valence-corrected chi connectivity index (χ2v) is 6.12.